The number of esters is 1. The van der Waals surface area contributed by atoms with E-state index in [0.717, 1.165) is 6.42 Å². The topological polar surface area (TPSA) is 49.8 Å². The van der Waals surface area contributed by atoms with Gasteiger partial charge in [-0.05, 0) is 39.6 Å². The third kappa shape index (κ3) is 4.07. The Morgan fingerprint density at radius 1 is 1.41 bits per heavy atom. The molecule has 94 valence electrons. The quantitative estimate of drug-likeness (QED) is 0.794. The van der Waals surface area contributed by atoms with Gasteiger partial charge in [0.25, 0.3) is 0 Å². The maximum atomic E-state index is 11.6. The predicted molar refractivity (Wildman–Crippen MR) is 66.2 cm³/mol. The lowest BCUT2D eigenvalue weighted by Crippen LogP contribution is -2.26. The monoisotopic (exact) mass is 237 g/mol. The number of ether oxygens (including phenoxy) is 1. The number of phenols is 1. The van der Waals surface area contributed by atoms with Gasteiger partial charge in [0.2, 0.25) is 0 Å². The van der Waals surface area contributed by atoms with E-state index in [1.165, 1.54) is 6.07 Å². The van der Waals surface area contributed by atoms with Gasteiger partial charge in [-0.2, -0.15) is 0 Å². The molecule has 0 heterocycles. The maximum absolute atomic E-state index is 11.6. The molecule has 1 rings (SSSR count). The average molecular weight is 237 g/mol. The fourth-order valence-corrected chi connectivity index (χ4v) is 1.30. The van der Waals surface area contributed by atoms with E-state index in [1.54, 1.807) is 18.2 Å². The standard InChI is InChI=1S/C13H19NO3/c1-10(14(2)3)8-9-17-13(16)11-6-4-5-7-12(11)15/h4-7,10,15H,8-9H2,1-3H3. The highest BCUT2D eigenvalue weighted by Crippen LogP contribution is 2.16. The first kappa shape index (κ1) is 13.5. The normalized spacial score (nSPS) is 12.5. The summed E-state index contributed by atoms with van der Waals surface area (Å²) in [5.41, 5.74) is 0.213. The Bertz CT molecular complexity index is 377. The second-order valence-electron chi connectivity index (χ2n) is 4.25. The summed E-state index contributed by atoms with van der Waals surface area (Å²) < 4.78 is 5.10. The maximum Gasteiger partial charge on any atom is 0.341 e. The van der Waals surface area contributed by atoms with Gasteiger partial charge in [-0.3, -0.25) is 0 Å². The fourth-order valence-electron chi connectivity index (χ4n) is 1.30. The van der Waals surface area contributed by atoms with Gasteiger partial charge in [-0.25, -0.2) is 4.79 Å². The molecule has 0 saturated carbocycles. The second-order valence-corrected chi connectivity index (χ2v) is 4.25. The van der Waals surface area contributed by atoms with Crippen LogP contribution < -0.4 is 0 Å². The summed E-state index contributed by atoms with van der Waals surface area (Å²) in [7, 11) is 3.96. The highest BCUT2D eigenvalue weighted by Gasteiger charge is 2.12. The van der Waals surface area contributed by atoms with Gasteiger partial charge in [0.15, 0.2) is 0 Å². The molecule has 4 nitrogen and oxygen atoms in total. The van der Waals surface area contributed by atoms with Crippen LogP contribution in [0, 0.1) is 0 Å². The van der Waals surface area contributed by atoms with Crippen LogP contribution in [0.1, 0.15) is 23.7 Å². The number of hydrogen-bond donors (Lipinski definition) is 1. The van der Waals surface area contributed by atoms with Crippen molar-refractivity contribution >= 4 is 5.97 Å². The molecule has 17 heavy (non-hydrogen) atoms. The number of hydrogen-bond acceptors (Lipinski definition) is 4. The number of para-hydroxylation sites is 1. The van der Waals surface area contributed by atoms with Crippen molar-refractivity contribution < 1.29 is 14.6 Å². The molecule has 1 atom stereocenters. The van der Waals surface area contributed by atoms with Crippen LogP contribution in [0.25, 0.3) is 0 Å². The molecule has 0 bridgehead atoms. The lowest BCUT2D eigenvalue weighted by Gasteiger charge is -2.19. The lowest BCUT2D eigenvalue weighted by molar-refractivity contribution is 0.0473. The number of benzene rings is 1. The number of phenolic OH excluding ortho intramolecular Hbond substituents is 1. The van der Waals surface area contributed by atoms with Gasteiger partial charge < -0.3 is 14.7 Å². The summed E-state index contributed by atoms with van der Waals surface area (Å²) >= 11 is 0. The molecule has 0 radical (unpaired) electrons. The molecule has 0 aliphatic heterocycles. The predicted octanol–water partition coefficient (Wildman–Crippen LogP) is 1.89. The van der Waals surface area contributed by atoms with Gasteiger partial charge >= 0.3 is 5.97 Å². The molecule has 0 aromatic heterocycles. The first-order chi connectivity index (χ1) is 8.02. The summed E-state index contributed by atoms with van der Waals surface area (Å²) in [6, 6.07) is 6.73. The first-order valence-corrected chi connectivity index (χ1v) is 5.64. The molecule has 0 saturated heterocycles. The Kier molecular flexibility index (Phi) is 4.97. The zero-order valence-electron chi connectivity index (χ0n) is 10.5. The van der Waals surface area contributed by atoms with Gasteiger partial charge in [-0.1, -0.05) is 12.1 Å². The Morgan fingerprint density at radius 3 is 2.65 bits per heavy atom. The lowest BCUT2D eigenvalue weighted by atomic mass is 10.2. The van der Waals surface area contributed by atoms with Gasteiger partial charge in [-0.15, -0.1) is 0 Å². The number of nitrogens with zero attached hydrogens (tertiary/aromatic N) is 1. The van der Waals surface area contributed by atoms with Crippen LogP contribution >= 0.6 is 0 Å². The SMILES string of the molecule is CC(CCOC(=O)c1ccccc1O)N(C)C. The van der Waals surface area contributed by atoms with Crippen LogP contribution in [-0.2, 0) is 4.74 Å². The third-order valence-corrected chi connectivity index (χ3v) is 2.77. The van der Waals surface area contributed by atoms with Gasteiger partial charge in [0.05, 0.1) is 6.61 Å². The molecule has 0 aliphatic carbocycles. The highest BCUT2D eigenvalue weighted by atomic mass is 16.5. The van der Waals surface area contributed by atoms with E-state index in [4.69, 9.17) is 4.74 Å². The van der Waals surface area contributed by atoms with Crippen molar-refractivity contribution in [1.29, 1.82) is 0 Å². The van der Waals surface area contributed by atoms with Crippen LogP contribution in [0.2, 0.25) is 0 Å². The average Bonchev–Trinajstić information content (AvgIpc) is 2.29. The van der Waals surface area contributed by atoms with Gasteiger partial charge in [0, 0.05) is 6.04 Å². The van der Waals surface area contributed by atoms with Crippen molar-refractivity contribution in [1.82, 2.24) is 4.90 Å². The molecule has 1 aromatic rings. The zero-order chi connectivity index (χ0) is 12.8. The highest BCUT2D eigenvalue weighted by molar-refractivity contribution is 5.92. The van der Waals surface area contributed by atoms with Crippen LogP contribution in [-0.4, -0.2) is 42.7 Å². The summed E-state index contributed by atoms with van der Waals surface area (Å²) in [6.45, 7) is 2.42. The smallest absolute Gasteiger partial charge is 0.341 e. The van der Waals surface area contributed by atoms with Crippen LogP contribution in [0.4, 0.5) is 0 Å². The Morgan fingerprint density at radius 2 is 2.06 bits per heavy atom. The molecule has 0 aliphatic rings. The minimum atomic E-state index is -0.478. The van der Waals surface area contributed by atoms with Gasteiger partial charge in [0.1, 0.15) is 11.3 Å². The van der Waals surface area contributed by atoms with Crippen molar-refractivity contribution in [3.05, 3.63) is 29.8 Å². The van der Waals surface area contributed by atoms with E-state index in [0.29, 0.717) is 12.6 Å². The minimum Gasteiger partial charge on any atom is -0.507 e. The molecule has 0 fully saturated rings. The van der Waals surface area contributed by atoms with E-state index >= 15 is 0 Å². The van der Waals surface area contributed by atoms with E-state index in [-0.39, 0.29) is 11.3 Å². The van der Waals surface area contributed by atoms with Crippen molar-refractivity contribution in [3.63, 3.8) is 0 Å². The van der Waals surface area contributed by atoms with Crippen molar-refractivity contribution in [3.8, 4) is 5.75 Å². The number of rotatable bonds is 5. The molecule has 1 aromatic carbocycles. The molecule has 0 spiro atoms. The van der Waals surface area contributed by atoms with Crippen LogP contribution in [0.3, 0.4) is 0 Å². The van der Waals surface area contributed by atoms with E-state index in [9.17, 15) is 9.90 Å². The summed E-state index contributed by atoms with van der Waals surface area (Å²) in [6.07, 6.45) is 0.770. The van der Waals surface area contributed by atoms with E-state index < -0.39 is 5.97 Å². The van der Waals surface area contributed by atoms with E-state index in [1.807, 2.05) is 14.1 Å². The first-order valence-electron chi connectivity index (χ1n) is 5.64. The minimum absolute atomic E-state index is 0.0434. The second kappa shape index (κ2) is 6.25. The largest absolute Gasteiger partial charge is 0.507 e. The number of aromatic hydroxyl groups is 1. The molecule has 1 unspecified atom stereocenters. The van der Waals surface area contributed by atoms with Crippen LogP contribution in [0.5, 0.6) is 5.75 Å². The van der Waals surface area contributed by atoms with Crippen molar-refractivity contribution in [2.45, 2.75) is 19.4 Å². The third-order valence-electron chi connectivity index (χ3n) is 2.77. The summed E-state index contributed by atoms with van der Waals surface area (Å²) in [5, 5.41) is 9.47. The molecular formula is C13H19NO3. The molecule has 4 heteroatoms. The Hall–Kier alpha value is -1.55. The van der Waals surface area contributed by atoms with E-state index in [2.05, 4.69) is 11.8 Å². The summed E-state index contributed by atoms with van der Waals surface area (Å²) in [4.78, 5) is 13.7. The molecule has 0 amide bonds. The summed E-state index contributed by atoms with van der Waals surface area (Å²) in [5.74, 6) is -0.521. The van der Waals surface area contributed by atoms with Crippen molar-refractivity contribution in [2.75, 3.05) is 20.7 Å². The number of carbonyl (C=O) groups excluding carboxylic acids is 1. The fraction of sp³-hybridized carbons (Fsp3) is 0.462. The number of carbonyl (C=O) groups is 1. The molecular weight excluding hydrogens is 218 g/mol. The van der Waals surface area contributed by atoms with Crippen LogP contribution in [0.15, 0.2) is 24.3 Å². The van der Waals surface area contributed by atoms with Crippen molar-refractivity contribution in [2.24, 2.45) is 0 Å². The zero-order valence-corrected chi connectivity index (χ0v) is 10.5. The Labute approximate surface area is 102 Å². The Balaban J connectivity index is 2.43. The molecule has 1 N–H and O–H groups in total.